The number of halogens is 5. The molecule has 31 heavy (non-hydrogen) atoms. The van der Waals surface area contributed by atoms with Crippen LogP contribution in [0.4, 0.5) is 22.0 Å². The maximum absolute atomic E-state index is 14.6. The molecule has 0 amide bonds. The van der Waals surface area contributed by atoms with Crippen LogP contribution in [-0.2, 0) is 0 Å². The highest BCUT2D eigenvalue weighted by Gasteiger charge is 2.33. The summed E-state index contributed by atoms with van der Waals surface area (Å²) >= 11 is 0. The third-order valence-electron chi connectivity index (χ3n) is 7.45. The summed E-state index contributed by atoms with van der Waals surface area (Å²) in [5.74, 6) is -0.829. The van der Waals surface area contributed by atoms with Gasteiger partial charge >= 0.3 is 6.18 Å². The maximum atomic E-state index is 14.6. The topological polar surface area (TPSA) is 9.23 Å². The SMILES string of the molecule is CCCCCC1CCC(C2CCC(c3ccc(OCC(F)(F)F)c(F)c3F)CC2)CC1. The van der Waals surface area contributed by atoms with Crippen molar-refractivity contribution in [2.75, 3.05) is 6.61 Å². The van der Waals surface area contributed by atoms with Crippen LogP contribution in [0.3, 0.4) is 0 Å². The van der Waals surface area contributed by atoms with Crippen LogP contribution in [-0.4, -0.2) is 12.8 Å². The van der Waals surface area contributed by atoms with Gasteiger partial charge in [0.1, 0.15) is 0 Å². The molecule has 6 heteroatoms. The zero-order valence-corrected chi connectivity index (χ0v) is 18.5. The minimum Gasteiger partial charge on any atom is -0.481 e. The van der Waals surface area contributed by atoms with E-state index in [2.05, 4.69) is 11.7 Å². The van der Waals surface area contributed by atoms with Gasteiger partial charge in [-0.25, -0.2) is 4.39 Å². The Bertz CT molecular complexity index is 686. The van der Waals surface area contributed by atoms with Gasteiger partial charge in [-0.15, -0.1) is 0 Å². The van der Waals surface area contributed by atoms with Gasteiger partial charge in [-0.1, -0.05) is 51.5 Å². The molecule has 2 fully saturated rings. The Morgan fingerprint density at radius 2 is 1.45 bits per heavy atom. The average molecular weight is 447 g/mol. The molecule has 0 N–H and O–H groups in total. The van der Waals surface area contributed by atoms with E-state index in [-0.39, 0.29) is 11.5 Å². The quantitative estimate of drug-likeness (QED) is 0.287. The Kier molecular flexibility index (Phi) is 8.63. The van der Waals surface area contributed by atoms with Crippen molar-refractivity contribution in [3.63, 3.8) is 0 Å². The molecule has 0 aromatic heterocycles. The van der Waals surface area contributed by atoms with Crippen molar-refractivity contribution in [1.82, 2.24) is 0 Å². The summed E-state index contributed by atoms with van der Waals surface area (Å²) in [4.78, 5) is 0. The average Bonchev–Trinajstić information content (AvgIpc) is 2.75. The van der Waals surface area contributed by atoms with Gasteiger partial charge in [0.25, 0.3) is 0 Å². The Hall–Kier alpha value is -1.33. The van der Waals surface area contributed by atoms with Gasteiger partial charge in [0.15, 0.2) is 18.2 Å². The summed E-state index contributed by atoms with van der Waals surface area (Å²) in [5, 5.41) is 0. The third kappa shape index (κ3) is 6.82. The molecule has 0 unspecified atom stereocenters. The molecule has 0 heterocycles. The summed E-state index contributed by atoms with van der Waals surface area (Å²) in [6.45, 7) is 0.609. The molecule has 0 atom stereocenters. The fourth-order valence-corrected chi connectivity index (χ4v) is 5.67. The molecule has 2 aliphatic carbocycles. The van der Waals surface area contributed by atoms with Gasteiger partial charge in [-0.05, 0) is 73.8 Å². The van der Waals surface area contributed by atoms with E-state index in [0.717, 1.165) is 43.6 Å². The van der Waals surface area contributed by atoms with Crippen molar-refractivity contribution in [2.24, 2.45) is 17.8 Å². The predicted molar refractivity (Wildman–Crippen MR) is 112 cm³/mol. The first kappa shape index (κ1) is 24.3. The Balaban J connectivity index is 1.49. The lowest BCUT2D eigenvalue weighted by molar-refractivity contribution is -0.153. The largest absolute Gasteiger partial charge is 0.481 e. The van der Waals surface area contributed by atoms with Crippen LogP contribution in [0.2, 0.25) is 0 Å². The number of hydrogen-bond acceptors (Lipinski definition) is 1. The lowest BCUT2D eigenvalue weighted by atomic mass is 9.68. The first-order valence-corrected chi connectivity index (χ1v) is 12.0. The third-order valence-corrected chi connectivity index (χ3v) is 7.45. The molecular formula is C25H35F5O. The summed E-state index contributed by atoms with van der Waals surface area (Å²) in [6.07, 6.45) is 9.60. The molecule has 1 nitrogen and oxygen atoms in total. The van der Waals surface area contributed by atoms with Gasteiger partial charge in [0.2, 0.25) is 5.82 Å². The maximum Gasteiger partial charge on any atom is 0.422 e. The van der Waals surface area contributed by atoms with E-state index >= 15 is 0 Å². The molecule has 2 saturated carbocycles. The molecule has 0 bridgehead atoms. The standard InChI is InChI=1S/C25H35F5O/c1-2-3-4-5-17-6-8-18(9-7-17)19-10-12-20(13-11-19)21-14-15-22(24(27)23(21)26)31-16-25(28,29)30/h14-15,17-20H,2-13,16H2,1H3. The Labute approximate surface area is 182 Å². The molecule has 0 aliphatic heterocycles. The van der Waals surface area contributed by atoms with Crippen molar-refractivity contribution in [3.05, 3.63) is 29.3 Å². The minimum absolute atomic E-state index is 0.0761. The molecule has 0 saturated heterocycles. The number of alkyl halides is 3. The van der Waals surface area contributed by atoms with Crippen LogP contribution in [0.1, 0.15) is 95.5 Å². The zero-order chi connectivity index (χ0) is 22.4. The lowest BCUT2D eigenvalue weighted by Gasteiger charge is -2.38. The molecule has 1 aromatic rings. The van der Waals surface area contributed by atoms with E-state index in [1.807, 2.05) is 0 Å². The molecular weight excluding hydrogens is 411 g/mol. The highest BCUT2D eigenvalue weighted by Crippen LogP contribution is 2.45. The van der Waals surface area contributed by atoms with Crippen molar-refractivity contribution >= 4 is 0 Å². The number of unbranched alkanes of at least 4 members (excludes halogenated alkanes) is 2. The summed E-state index contributed by atoms with van der Waals surface area (Å²) in [6, 6.07) is 2.53. The van der Waals surface area contributed by atoms with Crippen LogP contribution >= 0.6 is 0 Å². The van der Waals surface area contributed by atoms with Crippen molar-refractivity contribution in [1.29, 1.82) is 0 Å². The molecule has 3 rings (SSSR count). The predicted octanol–water partition coefficient (Wildman–Crippen LogP) is 8.57. The fraction of sp³-hybridized carbons (Fsp3) is 0.760. The van der Waals surface area contributed by atoms with E-state index in [1.54, 1.807) is 0 Å². The van der Waals surface area contributed by atoms with Gasteiger partial charge < -0.3 is 4.74 Å². The smallest absolute Gasteiger partial charge is 0.422 e. The number of rotatable bonds is 8. The normalized spacial score (nSPS) is 27.3. The number of hydrogen-bond donors (Lipinski definition) is 0. The highest BCUT2D eigenvalue weighted by atomic mass is 19.4. The van der Waals surface area contributed by atoms with Crippen LogP contribution in [0.5, 0.6) is 5.75 Å². The summed E-state index contributed by atoms with van der Waals surface area (Å²) in [7, 11) is 0. The lowest BCUT2D eigenvalue weighted by Crippen LogP contribution is -2.25. The van der Waals surface area contributed by atoms with E-state index < -0.39 is 30.2 Å². The molecule has 1 aromatic carbocycles. The minimum atomic E-state index is -4.59. The highest BCUT2D eigenvalue weighted by molar-refractivity contribution is 5.33. The summed E-state index contributed by atoms with van der Waals surface area (Å²) in [5.41, 5.74) is 0.273. The second-order valence-electron chi connectivity index (χ2n) is 9.57. The van der Waals surface area contributed by atoms with Crippen molar-refractivity contribution < 1.29 is 26.7 Å². The van der Waals surface area contributed by atoms with E-state index in [0.29, 0.717) is 5.92 Å². The van der Waals surface area contributed by atoms with Crippen LogP contribution in [0, 0.1) is 29.4 Å². The van der Waals surface area contributed by atoms with Gasteiger partial charge in [0, 0.05) is 0 Å². The van der Waals surface area contributed by atoms with Gasteiger partial charge in [-0.2, -0.15) is 17.6 Å². The van der Waals surface area contributed by atoms with Crippen molar-refractivity contribution in [2.45, 2.75) is 96.1 Å². The Morgan fingerprint density at radius 3 is 2.03 bits per heavy atom. The monoisotopic (exact) mass is 446 g/mol. The van der Waals surface area contributed by atoms with E-state index in [9.17, 15) is 22.0 Å². The van der Waals surface area contributed by atoms with E-state index in [1.165, 1.54) is 57.4 Å². The fourth-order valence-electron chi connectivity index (χ4n) is 5.67. The molecule has 2 aliphatic rings. The first-order chi connectivity index (χ1) is 14.8. The second-order valence-corrected chi connectivity index (χ2v) is 9.57. The van der Waals surface area contributed by atoms with Crippen LogP contribution in [0.15, 0.2) is 12.1 Å². The zero-order valence-electron chi connectivity index (χ0n) is 18.5. The van der Waals surface area contributed by atoms with Gasteiger partial charge in [0.05, 0.1) is 0 Å². The Morgan fingerprint density at radius 1 is 0.839 bits per heavy atom. The van der Waals surface area contributed by atoms with E-state index in [4.69, 9.17) is 0 Å². The van der Waals surface area contributed by atoms with Crippen LogP contribution in [0.25, 0.3) is 0 Å². The molecule has 176 valence electrons. The van der Waals surface area contributed by atoms with Gasteiger partial charge in [-0.3, -0.25) is 0 Å². The molecule has 0 radical (unpaired) electrons. The number of ether oxygens (including phenoxy) is 1. The number of benzene rings is 1. The van der Waals surface area contributed by atoms with Crippen molar-refractivity contribution in [3.8, 4) is 5.75 Å². The molecule has 0 spiro atoms. The first-order valence-electron chi connectivity index (χ1n) is 12.0. The van der Waals surface area contributed by atoms with Crippen LogP contribution < -0.4 is 4.74 Å². The second kappa shape index (κ2) is 11.0. The summed E-state index contributed by atoms with van der Waals surface area (Å²) < 4.78 is 70.1.